The molecule has 0 unspecified atom stereocenters. The fourth-order valence-electron chi connectivity index (χ4n) is 2.06. The van der Waals surface area contributed by atoms with Gasteiger partial charge in [0.2, 0.25) is 5.89 Å². The van der Waals surface area contributed by atoms with Gasteiger partial charge >= 0.3 is 0 Å². The van der Waals surface area contributed by atoms with Crippen LogP contribution in [0.5, 0.6) is 0 Å². The van der Waals surface area contributed by atoms with Crippen molar-refractivity contribution in [2.45, 2.75) is 37.8 Å². The van der Waals surface area contributed by atoms with Crippen molar-refractivity contribution in [3.05, 3.63) is 17.9 Å². The second-order valence-corrected chi connectivity index (χ2v) is 5.87. The van der Waals surface area contributed by atoms with Gasteiger partial charge in [-0.25, -0.2) is 9.71 Å². The van der Waals surface area contributed by atoms with E-state index in [1.54, 1.807) is 4.57 Å². The summed E-state index contributed by atoms with van der Waals surface area (Å²) in [6.45, 7) is 2.51. The molecule has 0 amide bonds. The number of anilines is 1. The van der Waals surface area contributed by atoms with Gasteiger partial charge in [0.25, 0.3) is 16.0 Å². The Morgan fingerprint density at radius 2 is 2.37 bits per heavy atom. The maximum Gasteiger partial charge on any atom is 0.281 e. The van der Waals surface area contributed by atoms with E-state index >= 15 is 0 Å². The molecule has 1 aliphatic rings. The van der Waals surface area contributed by atoms with E-state index in [4.69, 9.17) is 4.52 Å². The largest absolute Gasteiger partial charge is 0.337 e. The Morgan fingerprint density at radius 1 is 1.53 bits per heavy atom. The lowest BCUT2D eigenvalue weighted by Crippen LogP contribution is -2.17. The number of nitrogens with zero attached hydrogens (tertiary/aromatic N) is 4. The molecule has 3 rings (SSSR count). The molecule has 0 saturated heterocycles. The molecule has 1 aliphatic heterocycles. The number of sulfonamides is 1. The van der Waals surface area contributed by atoms with Crippen LogP contribution in [-0.2, 0) is 29.4 Å². The Balaban J connectivity index is 1.90. The molecule has 0 fully saturated rings. The van der Waals surface area contributed by atoms with Gasteiger partial charge in [0.15, 0.2) is 5.03 Å². The highest BCUT2D eigenvalue weighted by Gasteiger charge is 2.26. The summed E-state index contributed by atoms with van der Waals surface area (Å²) in [5.74, 6) is 1.13. The minimum absolute atomic E-state index is 0.0506. The van der Waals surface area contributed by atoms with Crippen LogP contribution in [-0.4, -0.2) is 28.1 Å². The van der Waals surface area contributed by atoms with Crippen LogP contribution in [0.25, 0.3) is 0 Å². The lowest BCUT2D eigenvalue weighted by molar-refractivity contribution is 0.383. The van der Waals surface area contributed by atoms with E-state index in [2.05, 4.69) is 19.8 Å². The molecule has 0 aromatic carbocycles. The van der Waals surface area contributed by atoms with Crippen molar-refractivity contribution in [1.29, 1.82) is 0 Å². The molecule has 0 spiro atoms. The van der Waals surface area contributed by atoms with Crippen LogP contribution in [0.3, 0.4) is 0 Å². The van der Waals surface area contributed by atoms with E-state index in [0.29, 0.717) is 18.9 Å². The molecular weight excluding hydrogens is 270 g/mol. The molecule has 0 bridgehead atoms. The summed E-state index contributed by atoms with van der Waals surface area (Å²) < 4.78 is 33.3. The number of aryl methyl sites for hydroxylation is 2. The van der Waals surface area contributed by atoms with Crippen LogP contribution in [0, 0.1) is 0 Å². The van der Waals surface area contributed by atoms with Crippen LogP contribution in [0.1, 0.15) is 25.1 Å². The number of hydrogen-bond donors (Lipinski definition) is 1. The first-order valence-electron chi connectivity index (χ1n) is 6.00. The predicted octanol–water partition coefficient (Wildman–Crippen LogP) is 0.575. The maximum atomic E-state index is 12.2. The van der Waals surface area contributed by atoms with Gasteiger partial charge < -0.3 is 9.09 Å². The fourth-order valence-corrected chi connectivity index (χ4v) is 3.16. The third-order valence-corrected chi connectivity index (χ3v) is 4.28. The Kier molecular flexibility index (Phi) is 2.77. The summed E-state index contributed by atoms with van der Waals surface area (Å²) in [6, 6.07) is 0. The normalized spacial score (nSPS) is 14.6. The van der Waals surface area contributed by atoms with Gasteiger partial charge in [-0.05, 0) is 11.6 Å². The quantitative estimate of drug-likeness (QED) is 0.880. The van der Waals surface area contributed by atoms with Crippen LogP contribution in [0.2, 0.25) is 0 Å². The molecular formula is C10H13N5O3S. The second-order valence-electron chi connectivity index (χ2n) is 4.24. The fraction of sp³-hybridized carbons (Fsp3) is 0.500. The zero-order valence-corrected chi connectivity index (χ0v) is 11.1. The molecule has 9 heteroatoms. The van der Waals surface area contributed by atoms with Crippen molar-refractivity contribution in [1.82, 2.24) is 19.7 Å². The van der Waals surface area contributed by atoms with Crippen LogP contribution >= 0.6 is 0 Å². The number of fused-ring (bicyclic) bond motifs is 1. The van der Waals surface area contributed by atoms with Gasteiger partial charge in [-0.15, -0.1) is 0 Å². The van der Waals surface area contributed by atoms with Crippen molar-refractivity contribution in [2.24, 2.45) is 0 Å². The third kappa shape index (κ3) is 2.09. The molecule has 2 aromatic rings. The first-order chi connectivity index (χ1) is 9.10. The molecule has 2 aromatic heterocycles. The molecule has 0 aliphatic carbocycles. The highest BCUT2D eigenvalue weighted by molar-refractivity contribution is 7.92. The Hall–Kier alpha value is -1.90. The molecule has 1 N–H and O–H groups in total. The average molecular weight is 283 g/mol. The molecule has 0 atom stereocenters. The van der Waals surface area contributed by atoms with Crippen LogP contribution in [0.4, 0.5) is 5.95 Å². The second kappa shape index (κ2) is 4.34. The number of nitrogens with one attached hydrogen (secondary N) is 1. The minimum Gasteiger partial charge on any atom is -0.337 e. The Labute approximate surface area is 109 Å². The van der Waals surface area contributed by atoms with E-state index < -0.39 is 10.0 Å². The summed E-state index contributed by atoms with van der Waals surface area (Å²) in [7, 11) is -3.72. The van der Waals surface area contributed by atoms with Gasteiger partial charge in [-0.2, -0.15) is 13.4 Å². The lowest BCUT2D eigenvalue weighted by atomic mass is 10.4. The Bertz CT molecular complexity index is 703. The molecule has 102 valence electrons. The highest BCUT2D eigenvalue weighted by atomic mass is 32.2. The van der Waals surface area contributed by atoms with Gasteiger partial charge in [-0.3, -0.25) is 0 Å². The highest BCUT2D eigenvalue weighted by Crippen LogP contribution is 2.21. The van der Waals surface area contributed by atoms with Gasteiger partial charge in [0.05, 0.1) is 6.20 Å². The zero-order chi connectivity index (χ0) is 13.5. The average Bonchev–Trinajstić information content (AvgIpc) is 3.01. The van der Waals surface area contributed by atoms with Crippen molar-refractivity contribution in [3.8, 4) is 0 Å². The Morgan fingerprint density at radius 3 is 3.11 bits per heavy atom. The summed E-state index contributed by atoms with van der Waals surface area (Å²) in [5, 5.41) is 3.71. The monoisotopic (exact) mass is 283 g/mol. The van der Waals surface area contributed by atoms with Gasteiger partial charge in [0.1, 0.15) is 5.82 Å². The van der Waals surface area contributed by atoms with Crippen LogP contribution in [0.15, 0.2) is 15.7 Å². The first-order valence-corrected chi connectivity index (χ1v) is 7.48. The zero-order valence-electron chi connectivity index (χ0n) is 10.3. The number of imidazole rings is 1. The van der Waals surface area contributed by atoms with Gasteiger partial charge in [0, 0.05) is 19.4 Å². The molecule has 3 heterocycles. The molecule has 19 heavy (non-hydrogen) atoms. The summed E-state index contributed by atoms with van der Waals surface area (Å²) in [6.07, 6.45) is 3.63. The lowest BCUT2D eigenvalue weighted by Gasteiger charge is -2.05. The number of aromatic nitrogens is 4. The molecule has 8 nitrogen and oxygen atoms in total. The standard InChI is InChI=1S/C10H13N5O3S/c1-2-8-12-10(13-18-8)14-19(16,17)9-6-11-7-4-3-5-15(7)9/h6H,2-5H2,1H3,(H,13,14). The number of hydrogen-bond acceptors (Lipinski definition) is 6. The van der Waals surface area contributed by atoms with E-state index in [1.807, 2.05) is 6.92 Å². The van der Waals surface area contributed by atoms with Gasteiger partial charge in [-0.1, -0.05) is 6.92 Å². The molecule has 0 radical (unpaired) electrons. The maximum absolute atomic E-state index is 12.2. The smallest absolute Gasteiger partial charge is 0.281 e. The van der Waals surface area contributed by atoms with Crippen molar-refractivity contribution >= 4 is 16.0 Å². The van der Waals surface area contributed by atoms with Crippen molar-refractivity contribution in [2.75, 3.05) is 4.72 Å². The third-order valence-electron chi connectivity index (χ3n) is 2.96. The summed E-state index contributed by atoms with van der Waals surface area (Å²) in [4.78, 5) is 8.03. The topological polar surface area (TPSA) is 103 Å². The summed E-state index contributed by atoms with van der Waals surface area (Å²) in [5.41, 5.74) is 0. The van der Waals surface area contributed by atoms with E-state index in [9.17, 15) is 8.42 Å². The van der Waals surface area contributed by atoms with E-state index in [0.717, 1.165) is 18.7 Å². The van der Waals surface area contributed by atoms with Crippen LogP contribution < -0.4 is 4.72 Å². The van der Waals surface area contributed by atoms with Crippen molar-refractivity contribution < 1.29 is 12.9 Å². The SMILES string of the molecule is CCc1nc(NS(=O)(=O)c2cnc3n2CCC3)no1. The summed E-state index contributed by atoms with van der Waals surface area (Å²) >= 11 is 0. The minimum atomic E-state index is -3.72. The molecule has 0 saturated carbocycles. The van der Waals surface area contributed by atoms with E-state index in [1.165, 1.54) is 6.20 Å². The predicted molar refractivity (Wildman–Crippen MR) is 65.0 cm³/mol. The van der Waals surface area contributed by atoms with Crippen molar-refractivity contribution in [3.63, 3.8) is 0 Å². The van der Waals surface area contributed by atoms with E-state index in [-0.39, 0.29) is 11.0 Å². The number of rotatable bonds is 4. The first kappa shape index (κ1) is 12.2.